The summed E-state index contributed by atoms with van der Waals surface area (Å²) in [4.78, 5) is 0. The van der Waals surface area contributed by atoms with Crippen LogP contribution in [0.3, 0.4) is 0 Å². The molecule has 0 saturated heterocycles. The lowest BCUT2D eigenvalue weighted by atomic mass is 10.2. The number of hydrogen-bond acceptors (Lipinski definition) is 1. The molecule has 0 amide bonds. The van der Waals surface area contributed by atoms with Gasteiger partial charge in [-0.1, -0.05) is 48.8 Å². The van der Waals surface area contributed by atoms with Crippen LogP contribution in [0.5, 0.6) is 0 Å². The van der Waals surface area contributed by atoms with Crippen LogP contribution in [-0.4, -0.2) is 0 Å². The highest BCUT2D eigenvalue weighted by atomic mass is 79.9. The van der Waals surface area contributed by atoms with Crippen LogP contribution in [0.15, 0.2) is 28.7 Å². The molecule has 0 saturated carbocycles. The van der Waals surface area contributed by atoms with E-state index < -0.39 is 0 Å². The highest BCUT2D eigenvalue weighted by Crippen LogP contribution is 2.09. The van der Waals surface area contributed by atoms with Crippen LogP contribution in [0.4, 0.5) is 0 Å². The van der Waals surface area contributed by atoms with E-state index in [4.69, 9.17) is 5.73 Å². The van der Waals surface area contributed by atoms with Crippen molar-refractivity contribution in [2.24, 2.45) is 11.7 Å². The molecule has 0 aromatic heterocycles. The number of halogens is 1. The summed E-state index contributed by atoms with van der Waals surface area (Å²) >= 11 is 3.33. The molecule has 1 aromatic rings. The summed E-state index contributed by atoms with van der Waals surface area (Å²) in [7, 11) is 0. The van der Waals surface area contributed by atoms with Gasteiger partial charge in [-0.15, -0.1) is 0 Å². The van der Waals surface area contributed by atoms with E-state index in [9.17, 15) is 0 Å². The van der Waals surface area contributed by atoms with Crippen molar-refractivity contribution in [1.29, 1.82) is 0 Å². The van der Waals surface area contributed by atoms with Crippen molar-refractivity contribution >= 4 is 15.9 Å². The monoisotopic (exact) mass is 243 g/mol. The van der Waals surface area contributed by atoms with E-state index in [-0.39, 0.29) is 0 Å². The lowest BCUT2D eigenvalue weighted by molar-refractivity contribution is 0.737. The maximum atomic E-state index is 5.38. The summed E-state index contributed by atoms with van der Waals surface area (Å²) in [6.07, 6.45) is 0. The Balaban J connectivity index is 0.000000310. The average molecular weight is 244 g/mol. The SMILES string of the molecule is CC(C)C.NCc1ccc(Br)cc1. The van der Waals surface area contributed by atoms with Gasteiger partial charge in [-0.05, 0) is 23.6 Å². The summed E-state index contributed by atoms with van der Waals surface area (Å²) in [5.74, 6) is 0.833. The minimum Gasteiger partial charge on any atom is -0.326 e. The minimum atomic E-state index is 0.618. The Hall–Kier alpha value is -0.340. The standard InChI is InChI=1S/C7H8BrN.C4H10/c8-7-3-1-6(5-9)2-4-7;1-4(2)3/h1-4H,5,9H2;4H,1-3H3. The van der Waals surface area contributed by atoms with Gasteiger partial charge in [-0.2, -0.15) is 0 Å². The van der Waals surface area contributed by atoms with Crippen LogP contribution in [-0.2, 0) is 6.54 Å². The van der Waals surface area contributed by atoms with Crippen LogP contribution < -0.4 is 5.73 Å². The molecule has 0 bridgehead atoms. The third kappa shape index (κ3) is 8.00. The van der Waals surface area contributed by atoms with Crippen molar-refractivity contribution in [3.05, 3.63) is 34.3 Å². The Labute approximate surface area is 89.5 Å². The summed E-state index contributed by atoms with van der Waals surface area (Å²) in [6.45, 7) is 7.12. The number of hydrogen-bond donors (Lipinski definition) is 1. The van der Waals surface area contributed by atoms with Crippen LogP contribution >= 0.6 is 15.9 Å². The molecule has 0 aliphatic heterocycles. The predicted octanol–water partition coefficient (Wildman–Crippen LogP) is 3.57. The topological polar surface area (TPSA) is 26.0 Å². The second-order valence-electron chi connectivity index (χ2n) is 3.56. The van der Waals surface area contributed by atoms with Crippen molar-refractivity contribution < 1.29 is 0 Å². The number of nitrogens with two attached hydrogens (primary N) is 1. The van der Waals surface area contributed by atoms with Gasteiger partial charge in [0.1, 0.15) is 0 Å². The van der Waals surface area contributed by atoms with E-state index in [1.807, 2.05) is 24.3 Å². The van der Waals surface area contributed by atoms with Crippen molar-refractivity contribution in [3.8, 4) is 0 Å². The largest absolute Gasteiger partial charge is 0.326 e. The van der Waals surface area contributed by atoms with Gasteiger partial charge in [0.15, 0.2) is 0 Å². The summed E-state index contributed by atoms with van der Waals surface area (Å²) < 4.78 is 1.10. The first kappa shape index (κ1) is 12.7. The molecule has 0 heterocycles. The molecule has 1 nitrogen and oxygen atoms in total. The maximum Gasteiger partial charge on any atom is 0.0178 e. The Bertz CT molecular complexity index is 213. The third-order valence-electron chi connectivity index (χ3n) is 1.15. The smallest absolute Gasteiger partial charge is 0.0178 e. The number of benzene rings is 1. The second-order valence-corrected chi connectivity index (χ2v) is 4.48. The van der Waals surface area contributed by atoms with Gasteiger partial charge >= 0.3 is 0 Å². The van der Waals surface area contributed by atoms with E-state index >= 15 is 0 Å². The van der Waals surface area contributed by atoms with Crippen molar-refractivity contribution in [2.75, 3.05) is 0 Å². The highest BCUT2D eigenvalue weighted by Gasteiger charge is 1.86. The van der Waals surface area contributed by atoms with Crippen molar-refractivity contribution in [2.45, 2.75) is 27.3 Å². The second kappa shape index (κ2) is 7.10. The quantitative estimate of drug-likeness (QED) is 0.802. The van der Waals surface area contributed by atoms with Crippen LogP contribution in [0, 0.1) is 5.92 Å². The van der Waals surface area contributed by atoms with E-state index in [0.717, 1.165) is 10.4 Å². The fourth-order valence-corrected chi connectivity index (χ4v) is 0.885. The molecule has 0 atom stereocenters. The van der Waals surface area contributed by atoms with Gasteiger partial charge in [0.2, 0.25) is 0 Å². The van der Waals surface area contributed by atoms with Gasteiger partial charge in [-0.25, -0.2) is 0 Å². The van der Waals surface area contributed by atoms with Gasteiger partial charge in [0.25, 0.3) is 0 Å². The van der Waals surface area contributed by atoms with Crippen molar-refractivity contribution in [3.63, 3.8) is 0 Å². The van der Waals surface area contributed by atoms with E-state index in [1.165, 1.54) is 5.56 Å². The van der Waals surface area contributed by atoms with E-state index in [2.05, 4.69) is 36.7 Å². The minimum absolute atomic E-state index is 0.618. The van der Waals surface area contributed by atoms with Gasteiger partial charge in [0, 0.05) is 11.0 Å². The predicted molar refractivity (Wildman–Crippen MR) is 62.5 cm³/mol. The lowest BCUT2D eigenvalue weighted by Crippen LogP contribution is -1.94. The Morgan fingerprint density at radius 1 is 1.15 bits per heavy atom. The van der Waals surface area contributed by atoms with Crippen LogP contribution in [0.1, 0.15) is 26.3 Å². The Morgan fingerprint density at radius 3 is 1.85 bits per heavy atom. The molecule has 2 heteroatoms. The van der Waals surface area contributed by atoms with Crippen LogP contribution in [0.25, 0.3) is 0 Å². The highest BCUT2D eigenvalue weighted by molar-refractivity contribution is 9.10. The molecule has 1 aromatic carbocycles. The first-order valence-electron chi connectivity index (χ1n) is 4.50. The molecule has 13 heavy (non-hydrogen) atoms. The molecule has 1 rings (SSSR count). The third-order valence-corrected chi connectivity index (χ3v) is 1.68. The fourth-order valence-electron chi connectivity index (χ4n) is 0.620. The normalized spacial score (nSPS) is 9.38. The molecule has 0 aliphatic rings. The average Bonchev–Trinajstić information content (AvgIpc) is 2.05. The maximum absolute atomic E-state index is 5.38. The Kier molecular flexibility index (Phi) is 6.92. The number of rotatable bonds is 1. The summed E-state index contributed by atoms with van der Waals surface area (Å²) in [6, 6.07) is 7.98. The fraction of sp³-hybridized carbons (Fsp3) is 0.455. The molecule has 0 unspecified atom stereocenters. The first-order chi connectivity index (χ1) is 6.06. The molecule has 0 aliphatic carbocycles. The van der Waals surface area contributed by atoms with Gasteiger partial charge < -0.3 is 5.73 Å². The molecule has 0 spiro atoms. The molecular formula is C11H18BrN. The molecule has 2 N–H and O–H groups in total. The Morgan fingerprint density at radius 2 is 1.54 bits per heavy atom. The van der Waals surface area contributed by atoms with Gasteiger partial charge in [-0.3, -0.25) is 0 Å². The van der Waals surface area contributed by atoms with E-state index in [1.54, 1.807) is 0 Å². The van der Waals surface area contributed by atoms with Gasteiger partial charge in [0.05, 0.1) is 0 Å². The zero-order valence-electron chi connectivity index (χ0n) is 8.55. The van der Waals surface area contributed by atoms with Crippen molar-refractivity contribution in [1.82, 2.24) is 0 Å². The molecule has 0 fully saturated rings. The first-order valence-corrected chi connectivity index (χ1v) is 5.30. The summed E-state index contributed by atoms with van der Waals surface area (Å²) in [5, 5.41) is 0. The zero-order chi connectivity index (χ0) is 10.3. The van der Waals surface area contributed by atoms with E-state index in [0.29, 0.717) is 6.54 Å². The summed E-state index contributed by atoms with van der Waals surface area (Å²) in [5.41, 5.74) is 6.55. The van der Waals surface area contributed by atoms with Crippen LogP contribution in [0.2, 0.25) is 0 Å². The lowest BCUT2D eigenvalue weighted by Gasteiger charge is -1.93. The zero-order valence-corrected chi connectivity index (χ0v) is 10.1. The molecule has 0 radical (unpaired) electrons. The molecule has 74 valence electrons. The molecular weight excluding hydrogens is 226 g/mol.